The first-order chi connectivity index (χ1) is 8.01. The zero-order valence-corrected chi connectivity index (χ0v) is 10.7. The predicted octanol–water partition coefficient (Wildman–Crippen LogP) is 0.942. The number of methoxy groups -OCH3 is 1. The van der Waals surface area contributed by atoms with E-state index in [2.05, 4.69) is 5.32 Å². The van der Waals surface area contributed by atoms with Crippen LogP contribution in [-0.4, -0.2) is 37.4 Å². The third kappa shape index (κ3) is 3.08. The van der Waals surface area contributed by atoms with E-state index < -0.39 is 6.04 Å². The molecule has 0 aliphatic rings. The number of hydrogen-bond acceptors (Lipinski definition) is 4. The first kappa shape index (κ1) is 13.7. The maximum Gasteiger partial charge on any atom is 0.255 e. The number of aliphatic hydroxyl groups excluding tert-OH is 1. The quantitative estimate of drug-likeness (QED) is 0.805. The predicted molar refractivity (Wildman–Crippen MR) is 63.1 cm³/mol. The average molecular weight is 241 g/mol. The molecule has 1 aromatic rings. The summed E-state index contributed by atoms with van der Waals surface area (Å²) in [6.07, 6.45) is 0. The number of amides is 1. The summed E-state index contributed by atoms with van der Waals surface area (Å²) in [5.41, 5.74) is 1.37. The van der Waals surface area contributed by atoms with Gasteiger partial charge >= 0.3 is 0 Å². The van der Waals surface area contributed by atoms with Crippen LogP contribution in [0, 0.1) is 20.8 Å². The molecular formula is C12H19NO4. The Balaban J connectivity index is 2.82. The largest absolute Gasteiger partial charge is 0.466 e. The number of ether oxygens (including phenoxy) is 1. The van der Waals surface area contributed by atoms with E-state index in [0.717, 1.165) is 11.3 Å². The fraction of sp³-hybridized carbons (Fsp3) is 0.583. The summed E-state index contributed by atoms with van der Waals surface area (Å²) in [5.74, 6) is 1.08. The Kier molecular flexibility index (Phi) is 4.72. The molecule has 0 bridgehead atoms. The van der Waals surface area contributed by atoms with Crippen LogP contribution in [0.2, 0.25) is 0 Å². The molecule has 0 radical (unpaired) electrons. The maximum atomic E-state index is 12.0. The molecule has 96 valence electrons. The Bertz CT molecular complexity index is 397. The van der Waals surface area contributed by atoms with Crippen molar-refractivity contribution in [2.24, 2.45) is 0 Å². The van der Waals surface area contributed by atoms with Crippen molar-refractivity contribution in [1.82, 2.24) is 5.32 Å². The molecule has 0 aromatic carbocycles. The fourth-order valence-corrected chi connectivity index (χ4v) is 1.73. The number of carbonyl (C=O) groups excluding carboxylic acids is 1. The van der Waals surface area contributed by atoms with Gasteiger partial charge in [0.15, 0.2) is 0 Å². The monoisotopic (exact) mass is 241 g/mol. The van der Waals surface area contributed by atoms with Gasteiger partial charge in [-0.1, -0.05) is 0 Å². The number of hydrogen-bond donors (Lipinski definition) is 2. The number of nitrogens with one attached hydrogen (secondary N) is 1. The molecule has 1 rings (SSSR count). The first-order valence-electron chi connectivity index (χ1n) is 5.48. The molecule has 2 N–H and O–H groups in total. The van der Waals surface area contributed by atoms with E-state index in [1.807, 2.05) is 13.8 Å². The summed E-state index contributed by atoms with van der Waals surface area (Å²) < 4.78 is 10.3. The van der Waals surface area contributed by atoms with Gasteiger partial charge in [-0.25, -0.2) is 0 Å². The van der Waals surface area contributed by atoms with Crippen LogP contribution < -0.4 is 5.32 Å². The van der Waals surface area contributed by atoms with E-state index in [-0.39, 0.29) is 19.1 Å². The summed E-state index contributed by atoms with van der Waals surface area (Å²) in [4.78, 5) is 12.0. The van der Waals surface area contributed by atoms with Crippen molar-refractivity contribution in [3.8, 4) is 0 Å². The zero-order chi connectivity index (χ0) is 13.0. The van der Waals surface area contributed by atoms with Gasteiger partial charge in [-0.2, -0.15) is 0 Å². The molecule has 0 fully saturated rings. The van der Waals surface area contributed by atoms with Crippen LogP contribution in [-0.2, 0) is 4.74 Å². The lowest BCUT2D eigenvalue weighted by atomic mass is 10.1. The minimum absolute atomic E-state index is 0.158. The van der Waals surface area contributed by atoms with Gasteiger partial charge < -0.3 is 19.6 Å². The van der Waals surface area contributed by atoms with E-state index in [0.29, 0.717) is 11.3 Å². The van der Waals surface area contributed by atoms with Crippen LogP contribution in [0.5, 0.6) is 0 Å². The van der Waals surface area contributed by atoms with E-state index in [1.165, 1.54) is 7.11 Å². The molecule has 1 amide bonds. The van der Waals surface area contributed by atoms with Crippen molar-refractivity contribution in [3.05, 3.63) is 22.6 Å². The normalized spacial score (nSPS) is 12.5. The standard InChI is InChI=1S/C12H19NO4/c1-7-8(2)17-9(3)11(7)12(15)13-10(5-14)6-16-4/h10,14H,5-6H2,1-4H3,(H,13,15). The number of aliphatic hydroxyl groups is 1. The second kappa shape index (κ2) is 5.84. The van der Waals surface area contributed by atoms with Gasteiger partial charge in [-0.05, 0) is 20.8 Å². The Morgan fingerprint density at radius 2 is 2.06 bits per heavy atom. The summed E-state index contributed by atoms with van der Waals surface area (Å²) in [7, 11) is 1.52. The van der Waals surface area contributed by atoms with Crippen LogP contribution >= 0.6 is 0 Å². The molecule has 0 aliphatic heterocycles. The molecular weight excluding hydrogens is 222 g/mol. The van der Waals surface area contributed by atoms with Crippen molar-refractivity contribution in [3.63, 3.8) is 0 Å². The van der Waals surface area contributed by atoms with Crippen molar-refractivity contribution in [2.45, 2.75) is 26.8 Å². The SMILES string of the molecule is COCC(CO)NC(=O)c1c(C)oc(C)c1C. The molecule has 5 heteroatoms. The topological polar surface area (TPSA) is 71.7 Å². The van der Waals surface area contributed by atoms with Gasteiger partial charge in [-0.3, -0.25) is 4.79 Å². The van der Waals surface area contributed by atoms with Gasteiger partial charge in [0.25, 0.3) is 5.91 Å². The molecule has 0 spiro atoms. The van der Waals surface area contributed by atoms with E-state index in [9.17, 15) is 4.79 Å². The van der Waals surface area contributed by atoms with E-state index in [4.69, 9.17) is 14.3 Å². The van der Waals surface area contributed by atoms with Crippen molar-refractivity contribution >= 4 is 5.91 Å². The Hall–Kier alpha value is -1.33. The second-order valence-electron chi connectivity index (χ2n) is 4.02. The molecule has 5 nitrogen and oxygen atoms in total. The van der Waals surface area contributed by atoms with Crippen molar-refractivity contribution < 1.29 is 19.1 Å². The van der Waals surface area contributed by atoms with E-state index in [1.54, 1.807) is 6.92 Å². The van der Waals surface area contributed by atoms with Crippen LogP contribution in [0.15, 0.2) is 4.42 Å². The average Bonchev–Trinajstić information content (AvgIpc) is 2.52. The van der Waals surface area contributed by atoms with Gasteiger partial charge in [0.1, 0.15) is 11.5 Å². The third-order valence-electron chi connectivity index (χ3n) is 2.71. The minimum Gasteiger partial charge on any atom is -0.466 e. The highest BCUT2D eigenvalue weighted by atomic mass is 16.5. The van der Waals surface area contributed by atoms with Crippen molar-refractivity contribution in [2.75, 3.05) is 20.3 Å². The number of rotatable bonds is 5. The smallest absolute Gasteiger partial charge is 0.255 e. The molecule has 0 aliphatic carbocycles. The minimum atomic E-state index is -0.401. The summed E-state index contributed by atoms with van der Waals surface area (Å²) in [6, 6.07) is -0.401. The summed E-state index contributed by atoms with van der Waals surface area (Å²) >= 11 is 0. The number of furan rings is 1. The number of aryl methyl sites for hydroxylation is 2. The number of carbonyl (C=O) groups is 1. The third-order valence-corrected chi connectivity index (χ3v) is 2.71. The molecule has 1 atom stereocenters. The first-order valence-corrected chi connectivity index (χ1v) is 5.48. The molecule has 0 saturated carbocycles. The highest BCUT2D eigenvalue weighted by molar-refractivity contribution is 5.97. The lowest BCUT2D eigenvalue weighted by molar-refractivity contribution is 0.0838. The molecule has 0 saturated heterocycles. The van der Waals surface area contributed by atoms with Crippen molar-refractivity contribution in [1.29, 1.82) is 0 Å². The second-order valence-corrected chi connectivity index (χ2v) is 4.02. The van der Waals surface area contributed by atoms with Crippen LogP contribution in [0.4, 0.5) is 0 Å². The Morgan fingerprint density at radius 1 is 1.41 bits per heavy atom. The molecule has 1 heterocycles. The highest BCUT2D eigenvalue weighted by Crippen LogP contribution is 2.20. The van der Waals surface area contributed by atoms with Crippen LogP contribution in [0.3, 0.4) is 0 Å². The molecule has 1 unspecified atom stereocenters. The zero-order valence-electron chi connectivity index (χ0n) is 10.7. The van der Waals surface area contributed by atoms with Crippen LogP contribution in [0.25, 0.3) is 0 Å². The Labute approximate surface area is 101 Å². The lowest BCUT2D eigenvalue weighted by Crippen LogP contribution is -2.40. The maximum absolute atomic E-state index is 12.0. The summed E-state index contributed by atoms with van der Waals surface area (Å²) in [5, 5.41) is 11.8. The van der Waals surface area contributed by atoms with E-state index >= 15 is 0 Å². The highest BCUT2D eigenvalue weighted by Gasteiger charge is 2.20. The fourth-order valence-electron chi connectivity index (χ4n) is 1.73. The van der Waals surface area contributed by atoms with Gasteiger partial charge in [0.2, 0.25) is 0 Å². The lowest BCUT2D eigenvalue weighted by Gasteiger charge is -2.15. The van der Waals surface area contributed by atoms with Gasteiger partial charge in [0.05, 0.1) is 24.8 Å². The molecule has 17 heavy (non-hydrogen) atoms. The molecule has 1 aromatic heterocycles. The Morgan fingerprint density at radius 3 is 2.47 bits per heavy atom. The van der Waals surface area contributed by atoms with Crippen LogP contribution in [0.1, 0.15) is 27.4 Å². The van der Waals surface area contributed by atoms with Gasteiger partial charge in [-0.15, -0.1) is 0 Å². The van der Waals surface area contributed by atoms with Gasteiger partial charge in [0, 0.05) is 12.7 Å². The summed E-state index contributed by atoms with van der Waals surface area (Å²) in [6.45, 7) is 5.52.